The van der Waals surface area contributed by atoms with Gasteiger partial charge in [0.15, 0.2) is 0 Å². The number of hydrogen-bond acceptors (Lipinski definition) is 4. The molecule has 0 spiro atoms. The molecular formula is C16H32N4O. The van der Waals surface area contributed by atoms with Crippen molar-refractivity contribution in [3.63, 3.8) is 0 Å². The average Bonchev–Trinajstić information content (AvgIpc) is 2.90. The highest BCUT2D eigenvalue weighted by Gasteiger charge is 2.04. The minimum absolute atomic E-state index is 0.626. The Balaban J connectivity index is 2.19. The minimum atomic E-state index is 0.626. The van der Waals surface area contributed by atoms with Crippen molar-refractivity contribution in [2.75, 3.05) is 38.7 Å². The molecule has 1 rings (SSSR count). The molecule has 0 aliphatic heterocycles. The molecule has 122 valence electrons. The summed E-state index contributed by atoms with van der Waals surface area (Å²) in [5, 5.41) is 3.38. The number of nitrogens with one attached hydrogen (secondary N) is 1. The summed E-state index contributed by atoms with van der Waals surface area (Å²) in [5.41, 5.74) is 0. The van der Waals surface area contributed by atoms with Gasteiger partial charge < -0.3 is 19.5 Å². The summed E-state index contributed by atoms with van der Waals surface area (Å²) < 4.78 is 7.54. The van der Waals surface area contributed by atoms with Gasteiger partial charge in [-0.25, -0.2) is 4.98 Å². The number of aryl methyl sites for hydroxylation is 1. The summed E-state index contributed by atoms with van der Waals surface area (Å²) in [6.45, 7) is 11.2. The van der Waals surface area contributed by atoms with Crippen LogP contribution in [-0.4, -0.2) is 53.8 Å². The second-order valence-electron chi connectivity index (χ2n) is 5.70. The number of nitrogens with zero attached hydrogens (tertiary/aromatic N) is 3. The number of rotatable bonds is 12. The van der Waals surface area contributed by atoms with Crippen molar-refractivity contribution in [2.45, 2.75) is 52.6 Å². The second kappa shape index (κ2) is 10.6. The number of hydrogen-bond donors (Lipinski definition) is 1. The molecule has 1 aromatic heterocycles. The smallest absolute Gasteiger partial charge is 0.202 e. The Hall–Kier alpha value is -1.07. The molecule has 0 aliphatic carbocycles. The first-order valence-corrected chi connectivity index (χ1v) is 8.18. The van der Waals surface area contributed by atoms with Gasteiger partial charge in [0.2, 0.25) is 5.95 Å². The van der Waals surface area contributed by atoms with Crippen LogP contribution in [0.2, 0.25) is 0 Å². The topological polar surface area (TPSA) is 42.3 Å². The molecule has 0 amide bonds. The number of anilines is 1. The van der Waals surface area contributed by atoms with Crippen LogP contribution in [0, 0.1) is 0 Å². The van der Waals surface area contributed by atoms with Crippen LogP contribution in [-0.2, 0) is 11.3 Å². The predicted molar refractivity (Wildman–Crippen MR) is 88.8 cm³/mol. The second-order valence-corrected chi connectivity index (χ2v) is 5.70. The van der Waals surface area contributed by atoms with E-state index in [-0.39, 0.29) is 0 Å². The average molecular weight is 296 g/mol. The molecule has 0 aromatic carbocycles. The van der Waals surface area contributed by atoms with Crippen LogP contribution in [0.1, 0.15) is 40.0 Å². The zero-order valence-corrected chi connectivity index (χ0v) is 14.1. The molecule has 5 heteroatoms. The van der Waals surface area contributed by atoms with E-state index in [2.05, 4.69) is 46.9 Å². The Labute approximate surface area is 129 Å². The van der Waals surface area contributed by atoms with Gasteiger partial charge in [-0.05, 0) is 53.6 Å². The summed E-state index contributed by atoms with van der Waals surface area (Å²) in [5.74, 6) is 0.976. The van der Waals surface area contributed by atoms with E-state index in [1.807, 2.05) is 13.1 Å². The molecule has 1 N–H and O–H groups in total. The molecule has 0 saturated carbocycles. The van der Waals surface area contributed by atoms with Gasteiger partial charge in [0.25, 0.3) is 0 Å². The number of ether oxygens (including phenoxy) is 1. The fraction of sp³-hybridized carbons (Fsp3) is 0.812. The number of unbranched alkanes of at least 4 members (excludes halogenated alkanes) is 1. The molecule has 21 heavy (non-hydrogen) atoms. The van der Waals surface area contributed by atoms with Crippen LogP contribution < -0.4 is 5.32 Å². The molecule has 0 fully saturated rings. The largest absolute Gasteiger partial charge is 0.382 e. The van der Waals surface area contributed by atoms with Crippen molar-refractivity contribution in [1.29, 1.82) is 0 Å². The van der Waals surface area contributed by atoms with Crippen molar-refractivity contribution in [3.8, 4) is 0 Å². The summed E-state index contributed by atoms with van der Waals surface area (Å²) >= 11 is 0. The maximum absolute atomic E-state index is 5.33. The van der Waals surface area contributed by atoms with E-state index in [4.69, 9.17) is 4.74 Å². The zero-order valence-electron chi connectivity index (χ0n) is 14.1. The maximum atomic E-state index is 5.33. The summed E-state index contributed by atoms with van der Waals surface area (Å²) in [4.78, 5) is 6.77. The van der Waals surface area contributed by atoms with Crippen molar-refractivity contribution < 1.29 is 4.74 Å². The van der Waals surface area contributed by atoms with Gasteiger partial charge in [-0.15, -0.1) is 0 Å². The van der Waals surface area contributed by atoms with Crippen molar-refractivity contribution >= 4 is 5.95 Å². The molecule has 0 unspecified atom stereocenters. The lowest BCUT2D eigenvalue weighted by atomic mass is 10.2. The highest BCUT2D eigenvalue weighted by molar-refractivity contribution is 5.25. The van der Waals surface area contributed by atoms with Crippen LogP contribution in [0.3, 0.4) is 0 Å². The monoisotopic (exact) mass is 296 g/mol. The lowest BCUT2D eigenvalue weighted by molar-refractivity contribution is 0.147. The SMILES string of the molecule is CCOCCCNc1nccn1CCCCN(C)C(C)C. The van der Waals surface area contributed by atoms with Gasteiger partial charge >= 0.3 is 0 Å². The quantitative estimate of drug-likeness (QED) is 0.602. The van der Waals surface area contributed by atoms with Gasteiger partial charge in [-0.2, -0.15) is 0 Å². The van der Waals surface area contributed by atoms with Crippen LogP contribution in [0.4, 0.5) is 5.95 Å². The highest BCUT2D eigenvalue weighted by Crippen LogP contribution is 2.07. The highest BCUT2D eigenvalue weighted by atomic mass is 16.5. The summed E-state index contributed by atoms with van der Waals surface area (Å²) in [6.07, 6.45) is 7.33. The van der Waals surface area contributed by atoms with E-state index >= 15 is 0 Å². The molecule has 0 saturated heterocycles. The Morgan fingerprint density at radius 3 is 2.86 bits per heavy atom. The first-order valence-electron chi connectivity index (χ1n) is 8.18. The third-order valence-electron chi connectivity index (χ3n) is 3.71. The van der Waals surface area contributed by atoms with E-state index in [1.165, 1.54) is 12.8 Å². The maximum Gasteiger partial charge on any atom is 0.202 e. The first-order chi connectivity index (χ1) is 10.1. The summed E-state index contributed by atoms with van der Waals surface area (Å²) in [6, 6.07) is 0.626. The normalized spacial score (nSPS) is 11.5. The molecule has 0 bridgehead atoms. The number of imidazole rings is 1. The van der Waals surface area contributed by atoms with E-state index < -0.39 is 0 Å². The molecule has 0 radical (unpaired) electrons. The lowest BCUT2D eigenvalue weighted by Crippen LogP contribution is -2.27. The Morgan fingerprint density at radius 1 is 1.33 bits per heavy atom. The third kappa shape index (κ3) is 7.48. The van der Waals surface area contributed by atoms with E-state index in [9.17, 15) is 0 Å². The van der Waals surface area contributed by atoms with Crippen LogP contribution >= 0.6 is 0 Å². The fourth-order valence-electron chi connectivity index (χ4n) is 2.08. The molecule has 5 nitrogen and oxygen atoms in total. The zero-order chi connectivity index (χ0) is 15.5. The lowest BCUT2D eigenvalue weighted by Gasteiger charge is -2.20. The first kappa shape index (κ1) is 18.0. The molecule has 0 aliphatic rings. The summed E-state index contributed by atoms with van der Waals surface area (Å²) in [7, 11) is 2.19. The van der Waals surface area contributed by atoms with Gasteiger partial charge in [-0.3, -0.25) is 0 Å². The Bertz CT molecular complexity index is 365. The Kier molecular flexibility index (Phi) is 9.10. The van der Waals surface area contributed by atoms with Crippen LogP contribution in [0.15, 0.2) is 12.4 Å². The van der Waals surface area contributed by atoms with Crippen LogP contribution in [0.25, 0.3) is 0 Å². The van der Waals surface area contributed by atoms with Crippen molar-refractivity contribution in [2.24, 2.45) is 0 Å². The Morgan fingerprint density at radius 2 is 2.14 bits per heavy atom. The van der Waals surface area contributed by atoms with Crippen molar-refractivity contribution in [1.82, 2.24) is 14.5 Å². The molecule has 1 aromatic rings. The fourth-order valence-corrected chi connectivity index (χ4v) is 2.08. The number of aromatic nitrogens is 2. The van der Waals surface area contributed by atoms with Gasteiger partial charge in [0.1, 0.15) is 0 Å². The third-order valence-corrected chi connectivity index (χ3v) is 3.71. The molecular weight excluding hydrogens is 264 g/mol. The van der Waals surface area contributed by atoms with E-state index in [0.717, 1.165) is 45.2 Å². The van der Waals surface area contributed by atoms with Gasteiger partial charge in [0.05, 0.1) is 0 Å². The van der Waals surface area contributed by atoms with Crippen LogP contribution in [0.5, 0.6) is 0 Å². The van der Waals surface area contributed by atoms with E-state index in [0.29, 0.717) is 6.04 Å². The van der Waals surface area contributed by atoms with Crippen molar-refractivity contribution in [3.05, 3.63) is 12.4 Å². The molecule has 1 heterocycles. The predicted octanol–water partition coefficient (Wildman–Crippen LogP) is 2.84. The standard InChI is InChI=1S/C16H32N4O/c1-5-21-14-8-9-17-16-18-10-13-20(16)12-7-6-11-19(4)15(2)3/h10,13,15H,5-9,11-12,14H2,1-4H3,(H,17,18). The minimum Gasteiger partial charge on any atom is -0.382 e. The van der Waals surface area contributed by atoms with E-state index in [1.54, 1.807) is 0 Å². The van der Waals surface area contributed by atoms with Gasteiger partial charge in [-0.1, -0.05) is 0 Å². The molecule has 0 atom stereocenters. The van der Waals surface area contributed by atoms with Gasteiger partial charge in [0, 0.05) is 44.7 Å².